The van der Waals surface area contributed by atoms with Gasteiger partial charge >= 0.3 is 0 Å². The summed E-state index contributed by atoms with van der Waals surface area (Å²) in [6.45, 7) is 2.89. The summed E-state index contributed by atoms with van der Waals surface area (Å²) in [6, 6.07) is 15.9. The number of rotatable bonds is 11. The smallest absolute Gasteiger partial charge is 0.287 e. The number of para-hydroxylation sites is 2. The zero-order valence-electron chi connectivity index (χ0n) is 23.5. The predicted octanol–water partition coefficient (Wildman–Crippen LogP) is 5.49. The monoisotopic (exact) mass is 611 g/mol. The van der Waals surface area contributed by atoms with Crippen molar-refractivity contribution in [1.82, 2.24) is 19.8 Å². The normalized spacial score (nSPS) is 16.1. The molecular formula is C31H35Cl2N5O4. The number of piperidine rings is 1. The molecule has 0 spiro atoms. The van der Waals surface area contributed by atoms with Gasteiger partial charge in [-0.2, -0.15) is 0 Å². The molecule has 1 aliphatic heterocycles. The summed E-state index contributed by atoms with van der Waals surface area (Å²) in [5.41, 5.74) is 9.01. The van der Waals surface area contributed by atoms with Gasteiger partial charge < -0.3 is 29.7 Å². The van der Waals surface area contributed by atoms with Crippen molar-refractivity contribution >= 4 is 46.0 Å². The molecule has 11 heteroatoms. The lowest BCUT2D eigenvalue weighted by Crippen LogP contribution is -2.45. The lowest BCUT2D eigenvalue weighted by atomic mass is 9.96. The van der Waals surface area contributed by atoms with Gasteiger partial charge in [0.05, 0.1) is 11.0 Å². The standard InChI is InChI=1S/C31H35Cl2N5O4/c1-41-13-5-12-38-26-8-3-2-7-25(26)36-30(38)20-6-4-11-37(19-20)29(39)17-24(34)18-35-31(40)28-10-9-27(42-28)21-14-22(32)16-23(33)15-21/h2-3,7-10,14-16,20,24H,4-6,11-13,17-19,34H2,1H3,(H,35,40)/t20-,24-/m1/s1. The molecule has 2 aromatic carbocycles. The Morgan fingerprint density at radius 1 is 1.17 bits per heavy atom. The largest absolute Gasteiger partial charge is 0.451 e. The van der Waals surface area contributed by atoms with Crippen LogP contribution in [0.2, 0.25) is 10.0 Å². The van der Waals surface area contributed by atoms with E-state index in [0.717, 1.165) is 42.7 Å². The van der Waals surface area contributed by atoms with Crippen LogP contribution >= 0.6 is 23.2 Å². The second kappa shape index (κ2) is 13.7. The van der Waals surface area contributed by atoms with E-state index in [9.17, 15) is 9.59 Å². The lowest BCUT2D eigenvalue weighted by Gasteiger charge is -2.33. The first-order valence-corrected chi connectivity index (χ1v) is 14.9. The van der Waals surface area contributed by atoms with Crippen molar-refractivity contribution in [3.05, 3.63) is 76.2 Å². The summed E-state index contributed by atoms with van der Waals surface area (Å²) in [6.07, 6.45) is 2.87. The first-order chi connectivity index (χ1) is 20.3. The number of ether oxygens (including phenoxy) is 1. The Morgan fingerprint density at radius 2 is 1.95 bits per heavy atom. The van der Waals surface area contributed by atoms with E-state index in [1.54, 1.807) is 37.4 Å². The number of amides is 2. The molecule has 0 unspecified atom stereocenters. The number of likely N-dealkylation sites (tertiary alicyclic amines) is 1. The molecule has 0 saturated carbocycles. The molecule has 3 heterocycles. The van der Waals surface area contributed by atoms with Crippen molar-refractivity contribution in [1.29, 1.82) is 0 Å². The SMILES string of the molecule is COCCCn1c([C@@H]2CCCN(C(=O)C[C@@H](N)CNC(=O)c3ccc(-c4cc(Cl)cc(Cl)c4)o3)C2)nc2ccccc21. The highest BCUT2D eigenvalue weighted by atomic mass is 35.5. The number of aryl methyl sites for hydroxylation is 1. The maximum atomic E-state index is 13.2. The van der Waals surface area contributed by atoms with Crippen LogP contribution in [0.5, 0.6) is 0 Å². The number of hydrogen-bond donors (Lipinski definition) is 2. The van der Waals surface area contributed by atoms with Gasteiger partial charge in [0.15, 0.2) is 5.76 Å². The van der Waals surface area contributed by atoms with Gasteiger partial charge in [-0.3, -0.25) is 9.59 Å². The Kier molecular flexibility index (Phi) is 9.84. The number of nitrogens with one attached hydrogen (secondary N) is 1. The van der Waals surface area contributed by atoms with E-state index in [4.69, 9.17) is 43.1 Å². The van der Waals surface area contributed by atoms with Gasteiger partial charge in [-0.15, -0.1) is 0 Å². The minimum atomic E-state index is -0.540. The van der Waals surface area contributed by atoms with Crippen LogP contribution in [0.15, 0.2) is 59.0 Å². The van der Waals surface area contributed by atoms with Crippen LogP contribution in [-0.2, 0) is 16.1 Å². The maximum Gasteiger partial charge on any atom is 0.287 e. The number of halogens is 2. The Balaban J connectivity index is 1.16. The first-order valence-electron chi connectivity index (χ1n) is 14.1. The number of nitrogens with zero attached hydrogens (tertiary/aromatic N) is 3. The summed E-state index contributed by atoms with van der Waals surface area (Å²) in [7, 11) is 1.71. The van der Waals surface area contributed by atoms with E-state index in [0.29, 0.717) is 41.1 Å². The molecule has 3 N–H and O–H groups in total. The fraction of sp³-hybridized carbons (Fsp3) is 0.387. The van der Waals surface area contributed by atoms with Crippen molar-refractivity contribution in [3.63, 3.8) is 0 Å². The molecule has 222 valence electrons. The van der Waals surface area contributed by atoms with Gasteiger partial charge in [-0.1, -0.05) is 35.3 Å². The molecule has 0 bridgehead atoms. The zero-order valence-corrected chi connectivity index (χ0v) is 25.0. The summed E-state index contributed by atoms with van der Waals surface area (Å²) in [5, 5.41) is 3.71. The molecule has 4 aromatic rings. The van der Waals surface area contributed by atoms with E-state index >= 15 is 0 Å². The highest BCUT2D eigenvalue weighted by molar-refractivity contribution is 6.35. The molecule has 2 aromatic heterocycles. The van der Waals surface area contributed by atoms with Crippen molar-refractivity contribution in [2.24, 2.45) is 5.73 Å². The summed E-state index contributed by atoms with van der Waals surface area (Å²) in [4.78, 5) is 32.8. The van der Waals surface area contributed by atoms with E-state index in [1.807, 2.05) is 23.1 Å². The molecule has 1 fully saturated rings. The number of methoxy groups -OCH3 is 1. The van der Waals surface area contributed by atoms with Gasteiger partial charge in [0.2, 0.25) is 5.91 Å². The van der Waals surface area contributed by atoms with Gasteiger partial charge in [-0.05, 0) is 61.7 Å². The van der Waals surface area contributed by atoms with Crippen LogP contribution in [0, 0.1) is 0 Å². The highest BCUT2D eigenvalue weighted by Gasteiger charge is 2.29. The number of carbonyl (C=O) groups excluding carboxylic acids is 2. The molecule has 0 radical (unpaired) electrons. The molecule has 9 nitrogen and oxygen atoms in total. The molecule has 2 amide bonds. The summed E-state index contributed by atoms with van der Waals surface area (Å²) >= 11 is 12.2. The fourth-order valence-electron chi connectivity index (χ4n) is 5.47. The third-order valence-electron chi connectivity index (χ3n) is 7.49. The molecule has 2 atom stereocenters. The third kappa shape index (κ3) is 7.15. The Morgan fingerprint density at radius 3 is 2.74 bits per heavy atom. The van der Waals surface area contributed by atoms with E-state index in [1.165, 1.54) is 0 Å². The van der Waals surface area contributed by atoms with E-state index in [-0.39, 0.29) is 30.6 Å². The average Bonchev–Trinajstić information content (AvgIpc) is 3.62. The van der Waals surface area contributed by atoms with Crippen LogP contribution in [0.25, 0.3) is 22.4 Å². The van der Waals surface area contributed by atoms with Gasteiger partial charge in [0.1, 0.15) is 11.6 Å². The quantitative estimate of drug-likeness (QED) is 0.217. The minimum Gasteiger partial charge on any atom is -0.451 e. The molecule has 5 rings (SSSR count). The van der Waals surface area contributed by atoms with Crippen LogP contribution < -0.4 is 11.1 Å². The first kappa shape index (κ1) is 30.1. The Labute approximate surface area is 254 Å². The number of furan rings is 1. The number of aromatic nitrogens is 2. The van der Waals surface area contributed by atoms with Crippen LogP contribution in [0.4, 0.5) is 0 Å². The van der Waals surface area contributed by atoms with Crippen molar-refractivity contribution < 1.29 is 18.7 Å². The minimum absolute atomic E-state index is 0.0263. The zero-order chi connectivity index (χ0) is 29.6. The number of hydrogen-bond acceptors (Lipinski definition) is 6. The average molecular weight is 613 g/mol. The maximum absolute atomic E-state index is 13.2. The second-order valence-electron chi connectivity index (χ2n) is 10.6. The number of nitrogens with two attached hydrogens (primary N) is 1. The highest BCUT2D eigenvalue weighted by Crippen LogP contribution is 2.31. The summed E-state index contributed by atoms with van der Waals surface area (Å²) in [5.74, 6) is 1.31. The number of benzene rings is 2. The van der Waals surface area contributed by atoms with E-state index < -0.39 is 11.9 Å². The van der Waals surface area contributed by atoms with Gasteiger partial charge in [0, 0.05) is 73.9 Å². The fourth-order valence-corrected chi connectivity index (χ4v) is 6.00. The topological polar surface area (TPSA) is 116 Å². The second-order valence-corrected chi connectivity index (χ2v) is 11.5. The molecular weight excluding hydrogens is 577 g/mol. The van der Waals surface area contributed by atoms with Crippen LogP contribution in [-0.4, -0.2) is 65.7 Å². The van der Waals surface area contributed by atoms with Crippen LogP contribution in [0.1, 0.15) is 48.0 Å². The van der Waals surface area contributed by atoms with Crippen molar-refractivity contribution in [2.75, 3.05) is 33.4 Å². The molecule has 42 heavy (non-hydrogen) atoms. The molecule has 1 saturated heterocycles. The van der Waals surface area contributed by atoms with Crippen molar-refractivity contribution in [2.45, 2.75) is 44.2 Å². The number of fused-ring (bicyclic) bond motifs is 1. The Bertz CT molecular complexity index is 1530. The number of carbonyl (C=O) groups is 2. The molecule has 1 aliphatic rings. The predicted molar refractivity (Wildman–Crippen MR) is 164 cm³/mol. The Hall–Kier alpha value is -3.37. The lowest BCUT2D eigenvalue weighted by molar-refractivity contribution is -0.132. The number of imidazole rings is 1. The van der Waals surface area contributed by atoms with E-state index in [2.05, 4.69) is 16.0 Å². The van der Waals surface area contributed by atoms with Gasteiger partial charge in [-0.25, -0.2) is 4.98 Å². The van der Waals surface area contributed by atoms with Crippen LogP contribution in [0.3, 0.4) is 0 Å². The van der Waals surface area contributed by atoms with Crippen molar-refractivity contribution in [3.8, 4) is 11.3 Å². The third-order valence-corrected chi connectivity index (χ3v) is 7.93. The molecule has 0 aliphatic carbocycles. The van der Waals surface area contributed by atoms with Gasteiger partial charge in [0.25, 0.3) is 5.91 Å². The summed E-state index contributed by atoms with van der Waals surface area (Å²) < 4.78 is 13.3.